The molecular formula is C15H10O5. The topological polar surface area (TPSA) is 83.8 Å². The average Bonchev–Trinajstić information content (AvgIpc) is 2.43. The van der Waals surface area contributed by atoms with Gasteiger partial charge >= 0.3 is 11.9 Å². The van der Waals surface area contributed by atoms with Crippen molar-refractivity contribution in [2.24, 2.45) is 0 Å². The Morgan fingerprint density at radius 1 is 0.950 bits per heavy atom. The third-order valence-electron chi connectivity index (χ3n) is 3.28. The van der Waals surface area contributed by atoms with Crippen LogP contribution in [0.5, 0.6) is 11.5 Å². The van der Waals surface area contributed by atoms with E-state index in [4.69, 9.17) is 4.74 Å². The van der Waals surface area contributed by atoms with Crippen LogP contribution < -0.4 is 4.74 Å². The summed E-state index contributed by atoms with van der Waals surface area (Å²) in [4.78, 5) is 22.8. The first kappa shape index (κ1) is 12.2. The lowest BCUT2D eigenvalue weighted by atomic mass is 9.87. The molecule has 5 heteroatoms. The Hall–Kier alpha value is -2.82. The summed E-state index contributed by atoms with van der Waals surface area (Å²) in [7, 11) is 0. The van der Waals surface area contributed by atoms with Crippen molar-refractivity contribution in [3.05, 3.63) is 59.2 Å². The number of ether oxygens (including phenoxy) is 1. The van der Waals surface area contributed by atoms with Gasteiger partial charge in [0.2, 0.25) is 0 Å². The Morgan fingerprint density at radius 2 is 1.65 bits per heavy atom. The van der Waals surface area contributed by atoms with E-state index in [1.807, 2.05) is 0 Å². The fourth-order valence-electron chi connectivity index (χ4n) is 2.42. The quantitative estimate of drug-likeness (QED) is 0.876. The Balaban J connectivity index is 2.28. The summed E-state index contributed by atoms with van der Waals surface area (Å²) in [5.74, 6) is -2.63. The van der Waals surface area contributed by atoms with E-state index >= 15 is 0 Å². The van der Waals surface area contributed by atoms with Crippen LogP contribution in [0.3, 0.4) is 0 Å². The largest absolute Gasteiger partial charge is 0.481 e. The van der Waals surface area contributed by atoms with Crippen LogP contribution in [-0.4, -0.2) is 22.2 Å². The minimum atomic E-state index is -1.15. The molecule has 0 amide bonds. The first-order chi connectivity index (χ1) is 9.59. The molecule has 2 aromatic carbocycles. The molecule has 0 bridgehead atoms. The number of carbonyl (C=O) groups is 2. The molecule has 1 heterocycles. The molecule has 0 aliphatic carbocycles. The summed E-state index contributed by atoms with van der Waals surface area (Å²) in [5.41, 5.74) is 0.842. The standard InChI is InChI=1S/C15H10O5/c16-14(17)10-6-3-5-9-12(15(18)19)8-4-1-2-7-11(8)20-13(9)10/h1-7,12H,(H,16,17)(H,18,19). The number of para-hydroxylation sites is 2. The summed E-state index contributed by atoms with van der Waals surface area (Å²) >= 11 is 0. The van der Waals surface area contributed by atoms with Crippen molar-refractivity contribution in [3.63, 3.8) is 0 Å². The van der Waals surface area contributed by atoms with Gasteiger partial charge in [-0.1, -0.05) is 30.3 Å². The van der Waals surface area contributed by atoms with Crippen molar-refractivity contribution in [1.29, 1.82) is 0 Å². The first-order valence-electron chi connectivity index (χ1n) is 5.95. The number of carboxylic acids is 2. The fraction of sp³-hybridized carbons (Fsp3) is 0.0667. The van der Waals surface area contributed by atoms with Crippen LogP contribution in [0.2, 0.25) is 0 Å². The number of aliphatic carboxylic acids is 1. The average molecular weight is 270 g/mol. The monoisotopic (exact) mass is 270 g/mol. The summed E-state index contributed by atoms with van der Waals surface area (Å²) in [6.45, 7) is 0. The van der Waals surface area contributed by atoms with E-state index in [1.165, 1.54) is 12.1 Å². The van der Waals surface area contributed by atoms with Crippen LogP contribution >= 0.6 is 0 Å². The third-order valence-corrected chi connectivity index (χ3v) is 3.28. The third kappa shape index (κ3) is 1.72. The van der Waals surface area contributed by atoms with Crippen LogP contribution in [-0.2, 0) is 4.79 Å². The molecule has 5 nitrogen and oxygen atoms in total. The van der Waals surface area contributed by atoms with Crippen molar-refractivity contribution in [1.82, 2.24) is 0 Å². The Morgan fingerprint density at radius 3 is 2.35 bits per heavy atom. The van der Waals surface area contributed by atoms with Gasteiger partial charge in [-0.25, -0.2) is 4.79 Å². The molecule has 0 spiro atoms. The second kappa shape index (κ2) is 4.38. The van der Waals surface area contributed by atoms with E-state index in [9.17, 15) is 19.8 Å². The highest BCUT2D eigenvalue weighted by Gasteiger charge is 2.34. The van der Waals surface area contributed by atoms with Crippen molar-refractivity contribution < 1.29 is 24.5 Å². The van der Waals surface area contributed by atoms with E-state index in [-0.39, 0.29) is 11.3 Å². The zero-order valence-electron chi connectivity index (χ0n) is 10.2. The molecule has 2 N–H and O–H groups in total. The second-order valence-corrected chi connectivity index (χ2v) is 4.44. The molecule has 0 saturated carbocycles. The van der Waals surface area contributed by atoms with Gasteiger partial charge in [-0.15, -0.1) is 0 Å². The summed E-state index contributed by atoms with van der Waals surface area (Å²) in [6.07, 6.45) is 0. The molecular weight excluding hydrogens is 260 g/mol. The molecule has 1 atom stereocenters. The lowest BCUT2D eigenvalue weighted by Crippen LogP contribution is -2.19. The smallest absolute Gasteiger partial charge is 0.339 e. The number of rotatable bonds is 2. The number of hydrogen-bond donors (Lipinski definition) is 2. The first-order valence-corrected chi connectivity index (χ1v) is 5.95. The maximum atomic E-state index is 11.6. The molecule has 3 rings (SSSR count). The van der Waals surface area contributed by atoms with Gasteiger partial charge in [-0.2, -0.15) is 0 Å². The summed E-state index contributed by atoms with van der Waals surface area (Å²) in [6, 6.07) is 11.2. The van der Waals surface area contributed by atoms with E-state index in [0.29, 0.717) is 16.9 Å². The lowest BCUT2D eigenvalue weighted by Gasteiger charge is -2.26. The molecule has 2 aromatic rings. The van der Waals surface area contributed by atoms with E-state index in [0.717, 1.165) is 0 Å². The normalized spacial score (nSPS) is 15.7. The maximum Gasteiger partial charge on any atom is 0.339 e. The van der Waals surface area contributed by atoms with Crippen molar-refractivity contribution in [3.8, 4) is 11.5 Å². The van der Waals surface area contributed by atoms with Crippen LogP contribution in [0.25, 0.3) is 0 Å². The number of aromatic carboxylic acids is 1. The predicted molar refractivity (Wildman–Crippen MR) is 69.4 cm³/mol. The minimum absolute atomic E-state index is 0.0387. The molecule has 20 heavy (non-hydrogen) atoms. The van der Waals surface area contributed by atoms with Gasteiger partial charge in [0.05, 0.1) is 0 Å². The SMILES string of the molecule is O=C(O)c1cccc2c1Oc1ccccc1C2C(=O)O. The lowest BCUT2D eigenvalue weighted by molar-refractivity contribution is -0.137. The summed E-state index contributed by atoms with van der Waals surface area (Å²) < 4.78 is 5.61. The van der Waals surface area contributed by atoms with Crippen LogP contribution in [0.15, 0.2) is 42.5 Å². The van der Waals surface area contributed by atoms with Gasteiger partial charge in [0, 0.05) is 11.1 Å². The van der Waals surface area contributed by atoms with Gasteiger partial charge in [-0.05, 0) is 12.1 Å². The zero-order chi connectivity index (χ0) is 14.3. The highest BCUT2D eigenvalue weighted by Crippen LogP contribution is 2.45. The molecule has 0 aromatic heterocycles. The molecule has 0 fully saturated rings. The van der Waals surface area contributed by atoms with E-state index in [1.54, 1.807) is 30.3 Å². The molecule has 100 valence electrons. The predicted octanol–water partition coefficient (Wildman–Crippen LogP) is 2.71. The molecule has 0 saturated heterocycles. The van der Waals surface area contributed by atoms with Crippen molar-refractivity contribution in [2.45, 2.75) is 5.92 Å². The summed E-state index contributed by atoms with van der Waals surface area (Å²) in [5, 5.41) is 18.6. The maximum absolute atomic E-state index is 11.6. The van der Waals surface area contributed by atoms with Crippen molar-refractivity contribution in [2.75, 3.05) is 0 Å². The molecule has 0 radical (unpaired) electrons. The number of benzene rings is 2. The Labute approximate surface area is 114 Å². The number of fused-ring (bicyclic) bond motifs is 2. The van der Waals surface area contributed by atoms with Gasteiger partial charge in [0.1, 0.15) is 23.0 Å². The molecule has 1 aliphatic heterocycles. The van der Waals surface area contributed by atoms with Gasteiger partial charge in [0.15, 0.2) is 0 Å². The second-order valence-electron chi connectivity index (χ2n) is 4.44. The van der Waals surface area contributed by atoms with Gasteiger partial charge in [0.25, 0.3) is 0 Å². The van der Waals surface area contributed by atoms with Crippen LogP contribution in [0.4, 0.5) is 0 Å². The van der Waals surface area contributed by atoms with E-state index in [2.05, 4.69) is 0 Å². The molecule has 1 aliphatic rings. The zero-order valence-corrected chi connectivity index (χ0v) is 10.2. The van der Waals surface area contributed by atoms with Gasteiger partial charge in [-0.3, -0.25) is 4.79 Å². The molecule has 1 unspecified atom stereocenters. The fourth-order valence-corrected chi connectivity index (χ4v) is 2.42. The van der Waals surface area contributed by atoms with Gasteiger partial charge < -0.3 is 14.9 Å². The minimum Gasteiger partial charge on any atom is -0.481 e. The number of hydrogen-bond acceptors (Lipinski definition) is 3. The highest BCUT2D eigenvalue weighted by atomic mass is 16.5. The van der Waals surface area contributed by atoms with Crippen LogP contribution in [0, 0.1) is 0 Å². The Kier molecular flexibility index (Phi) is 2.68. The number of carboxylic acid groups (broad SMARTS) is 2. The Bertz CT molecular complexity index is 720. The van der Waals surface area contributed by atoms with Crippen LogP contribution in [0.1, 0.15) is 27.4 Å². The highest BCUT2D eigenvalue weighted by molar-refractivity contribution is 5.94. The van der Waals surface area contributed by atoms with Crippen molar-refractivity contribution >= 4 is 11.9 Å². The van der Waals surface area contributed by atoms with E-state index < -0.39 is 17.9 Å².